The van der Waals surface area contributed by atoms with E-state index in [4.69, 9.17) is 0 Å². The van der Waals surface area contributed by atoms with Gasteiger partial charge in [0.1, 0.15) is 5.56 Å². The normalized spacial score (nSPS) is 19.2. The van der Waals surface area contributed by atoms with Gasteiger partial charge in [-0.25, -0.2) is 0 Å². The smallest absolute Gasteiger partial charge is 0.261 e. The van der Waals surface area contributed by atoms with E-state index in [1.165, 1.54) is 0 Å². The van der Waals surface area contributed by atoms with Gasteiger partial charge in [0, 0.05) is 30.0 Å². The SMILES string of the molecule is O=C(N[C@H](Cc1ccccn1)C1CC(O)C1)c1ccc(-c2ccccc2)[nH]c1=O. The van der Waals surface area contributed by atoms with E-state index in [-0.39, 0.29) is 23.6 Å². The van der Waals surface area contributed by atoms with Crippen LogP contribution in [0.4, 0.5) is 0 Å². The molecule has 6 heteroatoms. The molecule has 1 fully saturated rings. The Balaban J connectivity index is 1.52. The summed E-state index contributed by atoms with van der Waals surface area (Å²) in [5, 5.41) is 12.7. The third-order valence-electron chi connectivity index (χ3n) is 5.43. The molecule has 1 aromatic carbocycles. The van der Waals surface area contributed by atoms with Crippen molar-refractivity contribution in [1.29, 1.82) is 0 Å². The maximum Gasteiger partial charge on any atom is 0.261 e. The van der Waals surface area contributed by atoms with Crippen molar-refractivity contribution in [3.8, 4) is 11.3 Å². The van der Waals surface area contributed by atoms with Crippen LogP contribution in [0.2, 0.25) is 0 Å². The summed E-state index contributed by atoms with van der Waals surface area (Å²) >= 11 is 0. The third kappa shape index (κ3) is 4.43. The molecule has 0 spiro atoms. The number of aliphatic hydroxyl groups excluding tert-OH is 1. The minimum Gasteiger partial charge on any atom is -0.393 e. The Bertz CT molecular complexity index is 1030. The fourth-order valence-corrected chi connectivity index (χ4v) is 3.72. The molecule has 148 valence electrons. The van der Waals surface area contributed by atoms with Crippen molar-refractivity contribution in [3.63, 3.8) is 0 Å². The molecule has 1 aliphatic carbocycles. The molecular weight excluding hydrogens is 366 g/mol. The van der Waals surface area contributed by atoms with E-state index in [1.807, 2.05) is 48.5 Å². The topological polar surface area (TPSA) is 95.1 Å². The van der Waals surface area contributed by atoms with Crippen molar-refractivity contribution < 1.29 is 9.90 Å². The first-order valence-electron chi connectivity index (χ1n) is 9.78. The van der Waals surface area contributed by atoms with Crippen LogP contribution in [0.15, 0.2) is 71.7 Å². The molecule has 0 unspecified atom stereocenters. The number of benzene rings is 1. The summed E-state index contributed by atoms with van der Waals surface area (Å²) < 4.78 is 0. The zero-order valence-corrected chi connectivity index (χ0v) is 15.9. The number of hydrogen-bond donors (Lipinski definition) is 3. The van der Waals surface area contributed by atoms with Crippen molar-refractivity contribution in [1.82, 2.24) is 15.3 Å². The van der Waals surface area contributed by atoms with E-state index in [9.17, 15) is 14.7 Å². The number of carbonyl (C=O) groups is 1. The van der Waals surface area contributed by atoms with Gasteiger partial charge in [-0.05, 0) is 48.6 Å². The number of aromatic amines is 1. The fourth-order valence-electron chi connectivity index (χ4n) is 3.72. The molecule has 4 rings (SSSR count). The van der Waals surface area contributed by atoms with Crippen molar-refractivity contribution in [3.05, 3.63) is 88.5 Å². The number of amides is 1. The second-order valence-electron chi connectivity index (χ2n) is 7.47. The molecule has 29 heavy (non-hydrogen) atoms. The number of nitrogens with one attached hydrogen (secondary N) is 2. The van der Waals surface area contributed by atoms with Gasteiger partial charge in [-0.2, -0.15) is 0 Å². The summed E-state index contributed by atoms with van der Waals surface area (Å²) in [5.74, 6) is -0.244. The third-order valence-corrected chi connectivity index (χ3v) is 5.43. The molecular formula is C23H23N3O3. The highest BCUT2D eigenvalue weighted by Gasteiger charge is 2.35. The Labute approximate surface area is 168 Å². The maximum atomic E-state index is 12.8. The van der Waals surface area contributed by atoms with E-state index >= 15 is 0 Å². The molecule has 2 heterocycles. The van der Waals surface area contributed by atoms with E-state index < -0.39 is 11.5 Å². The molecule has 0 aliphatic heterocycles. The highest BCUT2D eigenvalue weighted by atomic mass is 16.3. The Morgan fingerprint density at radius 1 is 1.10 bits per heavy atom. The van der Waals surface area contributed by atoms with Gasteiger partial charge in [-0.1, -0.05) is 36.4 Å². The average Bonchev–Trinajstić information content (AvgIpc) is 2.72. The Morgan fingerprint density at radius 2 is 1.86 bits per heavy atom. The molecule has 2 aromatic heterocycles. The predicted octanol–water partition coefficient (Wildman–Crippen LogP) is 2.55. The first kappa shape index (κ1) is 19.1. The van der Waals surface area contributed by atoms with Crippen LogP contribution >= 0.6 is 0 Å². The van der Waals surface area contributed by atoms with Crippen molar-refractivity contribution in [2.75, 3.05) is 0 Å². The molecule has 0 radical (unpaired) electrons. The van der Waals surface area contributed by atoms with E-state index in [0.717, 1.165) is 11.3 Å². The van der Waals surface area contributed by atoms with Gasteiger partial charge >= 0.3 is 0 Å². The largest absolute Gasteiger partial charge is 0.393 e. The lowest BCUT2D eigenvalue weighted by molar-refractivity contribution is 0.0237. The zero-order valence-electron chi connectivity index (χ0n) is 15.9. The van der Waals surface area contributed by atoms with Gasteiger partial charge in [0.05, 0.1) is 6.10 Å². The minimum atomic E-state index is -0.422. The van der Waals surface area contributed by atoms with Crippen LogP contribution < -0.4 is 10.9 Å². The summed E-state index contributed by atoms with van der Waals surface area (Å²) in [7, 11) is 0. The summed E-state index contributed by atoms with van der Waals surface area (Å²) in [6, 6.07) is 18.3. The maximum absolute atomic E-state index is 12.8. The summed E-state index contributed by atoms with van der Waals surface area (Å²) in [6.45, 7) is 0. The summed E-state index contributed by atoms with van der Waals surface area (Å²) in [5.41, 5.74) is 2.07. The molecule has 1 saturated carbocycles. The Kier molecular flexibility index (Phi) is 5.53. The standard InChI is InChI=1S/C23H23N3O3/c27-18-12-16(13-18)21(14-17-8-4-5-11-24-17)26-23(29)19-9-10-20(25-22(19)28)15-6-2-1-3-7-15/h1-11,16,18,21,27H,12-14H2,(H,25,28)(H,26,29)/t16?,18?,21-/m1/s1. The first-order chi connectivity index (χ1) is 14.1. The second kappa shape index (κ2) is 8.41. The fraction of sp³-hybridized carbons (Fsp3) is 0.261. The number of aliphatic hydroxyl groups is 1. The van der Waals surface area contributed by atoms with E-state index in [2.05, 4.69) is 15.3 Å². The van der Waals surface area contributed by atoms with Crippen LogP contribution in [0.25, 0.3) is 11.3 Å². The number of rotatable bonds is 6. The predicted molar refractivity (Wildman–Crippen MR) is 110 cm³/mol. The lowest BCUT2D eigenvalue weighted by Crippen LogP contribution is -2.49. The quantitative estimate of drug-likeness (QED) is 0.604. The van der Waals surface area contributed by atoms with Crippen molar-refractivity contribution in [2.24, 2.45) is 5.92 Å². The van der Waals surface area contributed by atoms with Crippen LogP contribution in [0.3, 0.4) is 0 Å². The van der Waals surface area contributed by atoms with Gasteiger partial charge in [-0.15, -0.1) is 0 Å². The molecule has 0 bridgehead atoms. The van der Waals surface area contributed by atoms with Gasteiger partial charge in [0.2, 0.25) is 0 Å². The molecule has 1 atom stereocenters. The van der Waals surface area contributed by atoms with Crippen LogP contribution in [0, 0.1) is 5.92 Å². The van der Waals surface area contributed by atoms with E-state index in [1.54, 1.807) is 18.3 Å². The van der Waals surface area contributed by atoms with E-state index in [0.29, 0.717) is 25.0 Å². The average molecular weight is 389 g/mol. The van der Waals surface area contributed by atoms with Gasteiger partial charge in [0.25, 0.3) is 11.5 Å². The second-order valence-corrected chi connectivity index (χ2v) is 7.47. The number of nitrogens with zero attached hydrogens (tertiary/aromatic N) is 1. The number of aromatic nitrogens is 2. The molecule has 1 amide bonds. The van der Waals surface area contributed by atoms with Crippen LogP contribution in [-0.4, -0.2) is 33.1 Å². The van der Waals surface area contributed by atoms with Crippen molar-refractivity contribution >= 4 is 5.91 Å². The molecule has 0 saturated heterocycles. The van der Waals surface area contributed by atoms with Crippen molar-refractivity contribution in [2.45, 2.75) is 31.4 Å². The molecule has 1 aliphatic rings. The molecule has 3 N–H and O–H groups in total. The van der Waals surface area contributed by atoms with Gasteiger partial charge in [-0.3, -0.25) is 14.6 Å². The molecule has 3 aromatic rings. The molecule has 6 nitrogen and oxygen atoms in total. The Hall–Kier alpha value is -3.25. The number of carbonyl (C=O) groups excluding carboxylic acids is 1. The monoisotopic (exact) mass is 389 g/mol. The lowest BCUT2D eigenvalue weighted by Gasteiger charge is -2.38. The number of H-pyrrole nitrogens is 1. The minimum absolute atomic E-state index is 0.0792. The first-order valence-corrected chi connectivity index (χ1v) is 9.78. The summed E-state index contributed by atoms with van der Waals surface area (Å²) in [4.78, 5) is 32.5. The summed E-state index contributed by atoms with van der Waals surface area (Å²) in [6.07, 6.45) is 3.24. The lowest BCUT2D eigenvalue weighted by atomic mass is 9.76. The highest BCUT2D eigenvalue weighted by Crippen LogP contribution is 2.31. The van der Waals surface area contributed by atoms with Crippen LogP contribution in [0.1, 0.15) is 28.9 Å². The Morgan fingerprint density at radius 3 is 2.52 bits per heavy atom. The highest BCUT2D eigenvalue weighted by molar-refractivity contribution is 5.94. The van der Waals surface area contributed by atoms with Gasteiger partial charge in [0.15, 0.2) is 0 Å². The van der Waals surface area contributed by atoms with Crippen LogP contribution in [-0.2, 0) is 6.42 Å². The van der Waals surface area contributed by atoms with Gasteiger partial charge < -0.3 is 15.4 Å². The number of hydrogen-bond acceptors (Lipinski definition) is 4. The number of pyridine rings is 2. The zero-order chi connectivity index (χ0) is 20.2. The van der Waals surface area contributed by atoms with Crippen LogP contribution in [0.5, 0.6) is 0 Å².